The van der Waals surface area contributed by atoms with Gasteiger partial charge in [-0.25, -0.2) is 0 Å². The number of hydrogen-bond donors (Lipinski definition) is 1. The zero-order chi connectivity index (χ0) is 27.9. The predicted molar refractivity (Wildman–Crippen MR) is 125 cm³/mol. The Balaban J connectivity index is 1.71. The Hall–Kier alpha value is -4.13. The van der Waals surface area contributed by atoms with Crippen LogP contribution in [0.5, 0.6) is 5.75 Å². The summed E-state index contributed by atoms with van der Waals surface area (Å²) in [4.78, 5) is 16.7. The van der Waals surface area contributed by atoms with Gasteiger partial charge in [-0.3, -0.25) is 9.78 Å². The molecule has 0 atom stereocenters. The van der Waals surface area contributed by atoms with E-state index in [1.807, 2.05) is 0 Å². The number of alkyl halides is 6. The SMILES string of the molecule is Cc1ccc(S(=O)(=O)Oc2ccc(NC(=O)c3cc(C(F)(F)F)cc(C(F)(F)F)c3)c3ncccc23)cc1. The van der Waals surface area contributed by atoms with Crippen molar-refractivity contribution >= 4 is 32.6 Å². The number of aromatic nitrogens is 1. The summed E-state index contributed by atoms with van der Waals surface area (Å²) >= 11 is 0. The fraction of sp³-hybridized carbons (Fsp3) is 0.120. The second-order valence-corrected chi connectivity index (χ2v) is 9.66. The zero-order valence-electron chi connectivity index (χ0n) is 19.2. The van der Waals surface area contributed by atoms with Crippen LogP contribution in [0.2, 0.25) is 0 Å². The molecule has 6 nitrogen and oxygen atoms in total. The van der Waals surface area contributed by atoms with Gasteiger partial charge in [0.15, 0.2) is 5.75 Å². The van der Waals surface area contributed by atoms with Crippen LogP contribution in [0.15, 0.2) is 77.8 Å². The van der Waals surface area contributed by atoms with E-state index in [1.165, 1.54) is 42.6 Å². The highest BCUT2D eigenvalue weighted by Crippen LogP contribution is 2.37. The lowest BCUT2D eigenvalue weighted by molar-refractivity contribution is -0.143. The largest absolute Gasteiger partial charge is 0.416 e. The van der Waals surface area contributed by atoms with E-state index in [0.717, 1.165) is 5.56 Å². The Kier molecular flexibility index (Phi) is 6.82. The molecule has 0 unspecified atom stereocenters. The molecule has 0 aliphatic rings. The first-order valence-corrected chi connectivity index (χ1v) is 12.1. The van der Waals surface area contributed by atoms with Gasteiger partial charge in [-0.05, 0) is 61.5 Å². The van der Waals surface area contributed by atoms with Crippen LogP contribution in [0.25, 0.3) is 10.9 Å². The fourth-order valence-electron chi connectivity index (χ4n) is 3.47. The van der Waals surface area contributed by atoms with Gasteiger partial charge in [-0.15, -0.1) is 0 Å². The summed E-state index contributed by atoms with van der Waals surface area (Å²) in [7, 11) is -4.27. The van der Waals surface area contributed by atoms with Gasteiger partial charge < -0.3 is 9.50 Å². The maximum absolute atomic E-state index is 13.2. The Labute approximate surface area is 212 Å². The van der Waals surface area contributed by atoms with Crippen molar-refractivity contribution in [1.82, 2.24) is 4.98 Å². The van der Waals surface area contributed by atoms with Crippen molar-refractivity contribution in [2.45, 2.75) is 24.2 Å². The third-order valence-electron chi connectivity index (χ3n) is 5.34. The van der Waals surface area contributed by atoms with Crippen LogP contribution in [0.4, 0.5) is 32.0 Å². The van der Waals surface area contributed by atoms with Crippen LogP contribution in [-0.2, 0) is 22.5 Å². The molecule has 0 saturated heterocycles. The van der Waals surface area contributed by atoms with Gasteiger partial charge in [0.1, 0.15) is 4.90 Å². The average molecular weight is 554 g/mol. The van der Waals surface area contributed by atoms with Crippen molar-refractivity contribution < 1.29 is 43.7 Å². The number of pyridine rings is 1. The molecule has 1 heterocycles. The van der Waals surface area contributed by atoms with E-state index in [0.29, 0.717) is 12.1 Å². The molecular formula is C25H16F6N2O4S. The van der Waals surface area contributed by atoms with Gasteiger partial charge in [0.25, 0.3) is 5.91 Å². The molecule has 0 saturated carbocycles. The van der Waals surface area contributed by atoms with Gasteiger partial charge in [0.2, 0.25) is 0 Å². The highest BCUT2D eigenvalue weighted by atomic mass is 32.2. The number of benzene rings is 3. The van der Waals surface area contributed by atoms with E-state index in [4.69, 9.17) is 4.18 Å². The second-order valence-electron chi connectivity index (χ2n) is 8.11. The molecule has 4 aromatic rings. The monoisotopic (exact) mass is 554 g/mol. The minimum absolute atomic E-state index is 0.0134. The third kappa shape index (κ3) is 5.72. The Morgan fingerprint density at radius 2 is 1.47 bits per heavy atom. The lowest BCUT2D eigenvalue weighted by Crippen LogP contribution is -2.17. The van der Waals surface area contributed by atoms with Crippen molar-refractivity contribution in [1.29, 1.82) is 0 Å². The number of nitrogens with one attached hydrogen (secondary N) is 1. The minimum Gasteiger partial charge on any atom is -0.378 e. The van der Waals surface area contributed by atoms with Crippen molar-refractivity contribution in [2.24, 2.45) is 0 Å². The van der Waals surface area contributed by atoms with Gasteiger partial charge in [-0.1, -0.05) is 17.7 Å². The number of hydrogen-bond acceptors (Lipinski definition) is 5. The first kappa shape index (κ1) is 26.9. The van der Waals surface area contributed by atoms with Gasteiger partial charge in [0, 0.05) is 17.1 Å². The summed E-state index contributed by atoms with van der Waals surface area (Å²) in [5.41, 5.74) is -3.48. The quantitative estimate of drug-likeness (QED) is 0.222. The number of aryl methyl sites for hydroxylation is 1. The Morgan fingerprint density at radius 3 is 2.05 bits per heavy atom. The normalized spacial score (nSPS) is 12.4. The van der Waals surface area contributed by atoms with Crippen molar-refractivity contribution in [2.75, 3.05) is 5.32 Å². The minimum atomic E-state index is -5.13. The molecule has 0 aliphatic heterocycles. The molecule has 0 spiro atoms. The molecule has 1 amide bonds. The second kappa shape index (κ2) is 9.63. The zero-order valence-corrected chi connectivity index (χ0v) is 20.0. The molecule has 0 bridgehead atoms. The number of nitrogens with zero attached hydrogens (tertiary/aromatic N) is 1. The summed E-state index contributed by atoms with van der Waals surface area (Å²) < 4.78 is 110. The number of anilines is 1. The maximum Gasteiger partial charge on any atom is 0.416 e. The van der Waals surface area contributed by atoms with Crippen LogP contribution in [-0.4, -0.2) is 19.3 Å². The maximum atomic E-state index is 13.2. The first-order valence-electron chi connectivity index (χ1n) is 10.6. The molecule has 13 heteroatoms. The summed E-state index contributed by atoms with van der Waals surface area (Å²) in [6.07, 6.45) is -8.97. The molecular weight excluding hydrogens is 538 g/mol. The molecule has 38 heavy (non-hydrogen) atoms. The smallest absolute Gasteiger partial charge is 0.378 e. The summed E-state index contributed by atoms with van der Waals surface area (Å²) in [6, 6.07) is 11.6. The lowest BCUT2D eigenvalue weighted by Gasteiger charge is -2.15. The summed E-state index contributed by atoms with van der Waals surface area (Å²) in [6.45, 7) is 1.77. The van der Waals surface area contributed by atoms with E-state index in [-0.39, 0.29) is 33.3 Å². The highest BCUT2D eigenvalue weighted by molar-refractivity contribution is 7.87. The Morgan fingerprint density at radius 1 is 0.868 bits per heavy atom. The number of fused-ring (bicyclic) bond motifs is 1. The molecule has 1 N–H and O–H groups in total. The number of amides is 1. The Bertz CT molecular complexity index is 1600. The number of halogens is 6. The molecule has 1 aromatic heterocycles. The fourth-order valence-corrected chi connectivity index (χ4v) is 4.42. The van der Waals surface area contributed by atoms with Crippen LogP contribution in [0.3, 0.4) is 0 Å². The predicted octanol–water partition coefficient (Wildman–Crippen LogP) is 6.60. The highest BCUT2D eigenvalue weighted by Gasteiger charge is 2.37. The van der Waals surface area contributed by atoms with Crippen LogP contribution in [0.1, 0.15) is 27.0 Å². The number of carbonyl (C=O) groups excluding carboxylic acids is 1. The molecule has 0 fully saturated rings. The lowest BCUT2D eigenvalue weighted by atomic mass is 10.0. The van der Waals surface area contributed by atoms with Crippen LogP contribution in [0, 0.1) is 6.92 Å². The first-order chi connectivity index (χ1) is 17.6. The molecule has 3 aromatic carbocycles. The van der Waals surface area contributed by atoms with Crippen LogP contribution >= 0.6 is 0 Å². The van der Waals surface area contributed by atoms with Crippen molar-refractivity contribution in [3.05, 3.63) is 95.2 Å². The average Bonchev–Trinajstić information content (AvgIpc) is 2.84. The molecule has 198 valence electrons. The molecule has 0 radical (unpaired) electrons. The topological polar surface area (TPSA) is 85.4 Å². The van der Waals surface area contributed by atoms with E-state index < -0.39 is 45.1 Å². The van der Waals surface area contributed by atoms with E-state index in [9.17, 15) is 39.6 Å². The van der Waals surface area contributed by atoms with E-state index in [2.05, 4.69) is 10.3 Å². The third-order valence-corrected chi connectivity index (χ3v) is 6.59. The number of carbonyl (C=O) groups is 1. The van der Waals surface area contributed by atoms with E-state index in [1.54, 1.807) is 19.1 Å². The molecule has 4 rings (SSSR count). The van der Waals surface area contributed by atoms with E-state index >= 15 is 0 Å². The standard InChI is InChI=1S/C25H16F6N2O4S/c1-14-4-6-18(7-5-14)38(35,36)37-21-9-8-20(22-19(21)3-2-10-32-22)33-23(34)15-11-16(24(26,27)28)13-17(12-15)25(29,30)31/h2-13H,1H3,(H,33,34). The van der Waals surface area contributed by atoms with Crippen molar-refractivity contribution in [3.8, 4) is 5.75 Å². The molecule has 0 aliphatic carbocycles. The van der Waals surface area contributed by atoms with Crippen LogP contribution < -0.4 is 9.50 Å². The van der Waals surface area contributed by atoms with Crippen molar-refractivity contribution in [3.63, 3.8) is 0 Å². The van der Waals surface area contributed by atoms with Gasteiger partial charge in [0.05, 0.1) is 22.3 Å². The summed E-state index contributed by atoms with van der Waals surface area (Å²) in [5, 5.41) is 2.36. The summed E-state index contributed by atoms with van der Waals surface area (Å²) in [5.74, 6) is -1.43. The van der Waals surface area contributed by atoms with Gasteiger partial charge in [-0.2, -0.15) is 34.8 Å². The number of rotatable bonds is 5. The van der Waals surface area contributed by atoms with Gasteiger partial charge >= 0.3 is 22.5 Å².